The van der Waals surface area contributed by atoms with Crippen molar-refractivity contribution in [1.29, 1.82) is 0 Å². The number of hydrogen-bond acceptors (Lipinski definition) is 8. The zero-order valence-corrected chi connectivity index (χ0v) is 21.9. The minimum Gasteiger partial charge on any atom is -0.496 e. The third-order valence-corrected chi connectivity index (χ3v) is 6.97. The first-order valence-corrected chi connectivity index (χ1v) is 13.1. The molecule has 3 amide bonds. The van der Waals surface area contributed by atoms with Gasteiger partial charge < -0.3 is 34.6 Å². The molecule has 1 aliphatic carbocycles. The average molecular weight is 536 g/mol. The van der Waals surface area contributed by atoms with Crippen molar-refractivity contribution in [2.75, 3.05) is 44.0 Å². The van der Waals surface area contributed by atoms with Gasteiger partial charge in [0.05, 0.1) is 32.1 Å². The molecular weight excluding hydrogens is 502 g/mol. The highest BCUT2D eigenvalue weighted by Gasteiger charge is 2.35. The van der Waals surface area contributed by atoms with Crippen LogP contribution in [-0.2, 0) is 16.0 Å². The molecule has 5 rings (SSSR count). The molecule has 2 aliphatic rings. The zero-order valence-electron chi connectivity index (χ0n) is 21.9. The van der Waals surface area contributed by atoms with Crippen LogP contribution in [0.3, 0.4) is 0 Å². The Balaban J connectivity index is 1.11. The molecule has 0 radical (unpaired) electrons. The first-order valence-electron chi connectivity index (χ1n) is 13.1. The van der Waals surface area contributed by atoms with Crippen molar-refractivity contribution in [3.05, 3.63) is 60.6 Å². The topological polar surface area (TPSA) is 127 Å². The lowest BCUT2D eigenvalue weighted by molar-refractivity contribution is -0.0164. The molecule has 2 aromatic carbocycles. The third kappa shape index (κ3) is 6.87. The van der Waals surface area contributed by atoms with Gasteiger partial charge in [0.1, 0.15) is 11.9 Å². The number of nitrogens with zero attached hydrogens (tertiary/aromatic N) is 2. The van der Waals surface area contributed by atoms with Crippen molar-refractivity contribution in [2.24, 2.45) is 0 Å². The lowest BCUT2D eigenvalue weighted by Crippen LogP contribution is -2.48. The summed E-state index contributed by atoms with van der Waals surface area (Å²) < 4.78 is 22.0. The summed E-state index contributed by atoms with van der Waals surface area (Å²) >= 11 is 0. The van der Waals surface area contributed by atoms with Crippen LogP contribution in [0.15, 0.2) is 59.5 Å². The van der Waals surface area contributed by atoms with Gasteiger partial charge in [0.25, 0.3) is 0 Å². The predicted molar refractivity (Wildman–Crippen MR) is 145 cm³/mol. The van der Waals surface area contributed by atoms with Crippen LogP contribution in [0.2, 0.25) is 0 Å². The van der Waals surface area contributed by atoms with Crippen molar-refractivity contribution in [3.63, 3.8) is 0 Å². The molecule has 3 N–H and O–H groups in total. The second-order valence-electron chi connectivity index (χ2n) is 9.50. The minimum absolute atomic E-state index is 0.108. The molecule has 206 valence electrons. The number of hydrogen-bond donors (Lipinski definition) is 3. The number of methoxy groups -OCH3 is 1. The van der Waals surface area contributed by atoms with Crippen molar-refractivity contribution < 1.29 is 28.2 Å². The molecule has 0 bridgehead atoms. The fourth-order valence-corrected chi connectivity index (χ4v) is 5.10. The highest BCUT2D eigenvalue weighted by molar-refractivity contribution is 6.00. The lowest BCUT2D eigenvalue weighted by atomic mass is 10.1. The van der Waals surface area contributed by atoms with Crippen LogP contribution in [0.1, 0.15) is 24.8 Å². The lowest BCUT2D eigenvalue weighted by Gasteiger charge is -2.35. The molecule has 1 saturated heterocycles. The van der Waals surface area contributed by atoms with E-state index < -0.39 is 12.1 Å². The molecule has 3 aromatic rings. The van der Waals surface area contributed by atoms with Crippen molar-refractivity contribution >= 4 is 23.5 Å². The Morgan fingerprint density at radius 2 is 1.90 bits per heavy atom. The molecule has 1 unspecified atom stereocenters. The summed E-state index contributed by atoms with van der Waals surface area (Å²) in [6, 6.07) is 12.4. The fraction of sp³-hybridized carbons (Fsp3) is 0.393. The fourth-order valence-electron chi connectivity index (χ4n) is 5.10. The molecule has 2 fully saturated rings. The van der Waals surface area contributed by atoms with E-state index in [1.165, 1.54) is 6.39 Å². The van der Waals surface area contributed by atoms with Gasteiger partial charge in [0.2, 0.25) is 0 Å². The predicted octanol–water partition coefficient (Wildman–Crippen LogP) is 4.47. The van der Waals surface area contributed by atoms with Gasteiger partial charge in [0.15, 0.2) is 12.2 Å². The second kappa shape index (κ2) is 12.6. The summed E-state index contributed by atoms with van der Waals surface area (Å²) in [6.07, 6.45) is 5.36. The highest BCUT2D eigenvalue weighted by atomic mass is 16.6. The number of amides is 3. The standard InChI is InChI=1S/C28H33N5O6/c1-36-25-15-21(8-9-22(25)26-17-29-18-38-26)32-27(34)31-20-5-2-4-19(14-20)16-30-28(35)39-24-7-3-6-23(24)33-10-12-37-13-11-33/h2,4-5,8-9,14-15,17-18,23-24H,3,6-7,10-13,16H2,1H3,(H,30,35)(H2,31,32,34)/t23-,24?/m1/s1. The van der Waals surface area contributed by atoms with E-state index >= 15 is 0 Å². The molecule has 11 nitrogen and oxygen atoms in total. The summed E-state index contributed by atoms with van der Waals surface area (Å²) in [7, 11) is 1.55. The van der Waals surface area contributed by atoms with Gasteiger partial charge in [-0.05, 0) is 49.1 Å². The number of rotatable bonds is 8. The van der Waals surface area contributed by atoms with Crippen LogP contribution >= 0.6 is 0 Å². The smallest absolute Gasteiger partial charge is 0.407 e. The number of morpholine rings is 1. The van der Waals surface area contributed by atoms with E-state index in [1.54, 1.807) is 43.6 Å². The van der Waals surface area contributed by atoms with Crippen LogP contribution in [0.25, 0.3) is 11.3 Å². The maximum absolute atomic E-state index is 12.6. The molecule has 11 heteroatoms. The molecule has 1 aromatic heterocycles. The number of anilines is 2. The summed E-state index contributed by atoms with van der Waals surface area (Å²) in [4.78, 5) is 31.5. The first kappa shape index (κ1) is 26.5. The molecular formula is C28H33N5O6. The molecule has 39 heavy (non-hydrogen) atoms. The Labute approximate surface area is 226 Å². The average Bonchev–Trinajstić information content (AvgIpc) is 3.65. The van der Waals surface area contributed by atoms with Crippen LogP contribution in [-0.4, -0.2) is 67.6 Å². The van der Waals surface area contributed by atoms with Gasteiger partial charge in [-0.3, -0.25) is 4.90 Å². The zero-order chi connectivity index (χ0) is 27.0. The normalized spacial score (nSPS) is 19.3. The van der Waals surface area contributed by atoms with Crippen molar-refractivity contribution in [2.45, 2.75) is 38.0 Å². The Kier molecular flexibility index (Phi) is 8.59. The van der Waals surface area contributed by atoms with Gasteiger partial charge >= 0.3 is 12.1 Å². The summed E-state index contributed by atoms with van der Waals surface area (Å²) in [6.45, 7) is 3.48. The summed E-state index contributed by atoms with van der Waals surface area (Å²) in [5.41, 5.74) is 2.70. The number of nitrogens with one attached hydrogen (secondary N) is 3. The third-order valence-electron chi connectivity index (χ3n) is 6.97. The SMILES string of the molecule is COc1cc(NC(=O)Nc2cccc(CNC(=O)OC3CCC[C@H]3N3CCOCC3)c2)ccc1-c1cnco1. The van der Waals surface area contributed by atoms with Crippen LogP contribution in [0, 0.1) is 0 Å². The summed E-state index contributed by atoms with van der Waals surface area (Å²) in [5.74, 6) is 1.11. The van der Waals surface area contributed by atoms with E-state index in [0.29, 0.717) is 22.9 Å². The second-order valence-corrected chi connectivity index (χ2v) is 9.50. The minimum atomic E-state index is -0.431. The number of carbonyl (C=O) groups excluding carboxylic acids is 2. The maximum atomic E-state index is 12.6. The Hall–Kier alpha value is -4.09. The first-order chi connectivity index (χ1) is 19.1. The van der Waals surface area contributed by atoms with E-state index in [-0.39, 0.29) is 18.7 Å². The number of ether oxygens (including phenoxy) is 3. The number of urea groups is 1. The molecule has 1 saturated carbocycles. The van der Waals surface area contributed by atoms with E-state index in [4.69, 9.17) is 18.6 Å². The van der Waals surface area contributed by atoms with Crippen LogP contribution in [0.5, 0.6) is 5.75 Å². The van der Waals surface area contributed by atoms with Crippen LogP contribution < -0.4 is 20.7 Å². The van der Waals surface area contributed by atoms with E-state index in [2.05, 4.69) is 25.8 Å². The number of aromatic nitrogens is 1. The number of carbonyl (C=O) groups is 2. The molecule has 2 atom stereocenters. The number of oxazole rings is 1. The molecule has 0 spiro atoms. The number of alkyl carbamates (subject to hydrolysis) is 1. The Morgan fingerprint density at radius 3 is 2.67 bits per heavy atom. The van der Waals surface area contributed by atoms with Gasteiger partial charge in [-0.15, -0.1) is 0 Å². The highest BCUT2D eigenvalue weighted by Crippen LogP contribution is 2.32. The van der Waals surface area contributed by atoms with Gasteiger partial charge in [0, 0.05) is 43.1 Å². The van der Waals surface area contributed by atoms with E-state index in [1.807, 2.05) is 12.1 Å². The van der Waals surface area contributed by atoms with Gasteiger partial charge in [-0.2, -0.15) is 0 Å². The maximum Gasteiger partial charge on any atom is 0.407 e. The van der Waals surface area contributed by atoms with E-state index in [9.17, 15) is 9.59 Å². The van der Waals surface area contributed by atoms with Gasteiger partial charge in [-0.1, -0.05) is 12.1 Å². The molecule has 1 aliphatic heterocycles. The monoisotopic (exact) mass is 535 g/mol. The summed E-state index contributed by atoms with van der Waals surface area (Å²) in [5, 5.41) is 8.46. The largest absolute Gasteiger partial charge is 0.496 e. The molecule has 2 heterocycles. The van der Waals surface area contributed by atoms with Crippen molar-refractivity contribution in [3.8, 4) is 17.1 Å². The van der Waals surface area contributed by atoms with Crippen LogP contribution in [0.4, 0.5) is 21.0 Å². The van der Waals surface area contributed by atoms with E-state index in [0.717, 1.165) is 56.7 Å². The van der Waals surface area contributed by atoms with Crippen molar-refractivity contribution in [1.82, 2.24) is 15.2 Å². The van der Waals surface area contributed by atoms with Gasteiger partial charge in [-0.25, -0.2) is 14.6 Å². The Bertz CT molecular complexity index is 1260. The quantitative estimate of drug-likeness (QED) is 0.386. The number of benzene rings is 2. The Morgan fingerprint density at radius 1 is 1.08 bits per heavy atom.